The van der Waals surface area contributed by atoms with E-state index in [1.165, 1.54) is 25.7 Å². The first-order chi connectivity index (χ1) is 11.3. The monoisotopic (exact) mass is 343 g/mol. The topological polar surface area (TPSA) is 61.4 Å². The third-order valence-corrected chi connectivity index (χ3v) is 3.90. The smallest absolute Gasteiger partial charge is 0.275 e. The van der Waals surface area contributed by atoms with Crippen LogP contribution in [0.5, 0.6) is 0 Å². The molecule has 0 atom stereocenters. The molecule has 0 rings (SSSR count). The third kappa shape index (κ3) is 14.5. The minimum Gasteiger partial charge on any atom is -0.355 e. The maximum absolute atomic E-state index is 12.0. The second-order valence-electron chi connectivity index (χ2n) is 7.52. The number of likely N-dealkylation sites (N-methyl/N-ethyl adjacent to an activating group) is 2. The molecule has 0 heterocycles. The van der Waals surface area contributed by atoms with E-state index < -0.39 is 0 Å². The van der Waals surface area contributed by atoms with E-state index in [-0.39, 0.29) is 11.8 Å². The lowest BCUT2D eigenvalue weighted by Gasteiger charge is -2.29. The Labute approximate surface area is 148 Å². The summed E-state index contributed by atoms with van der Waals surface area (Å²) in [5.41, 5.74) is 0. The van der Waals surface area contributed by atoms with Crippen molar-refractivity contribution in [2.24, 2.45) is 0 Å². The fourth-order valence-electron chi connectivity index (χ4n) is 2.54. The Morgan fingerprint density at radius 1 is 0.875 bits per heavy atom. The molecule has 0 spiro atoms. The van der Waals surface area contributed by atoms with E-state index in [4.69, 9.17) is 0 Å². The van der Waals surface area contributed by atoms with Gasteiger partial charge in [0, 0.05) is 13.1 Å². The minimum atomic E-state index is 0.0474. The van der Waals surface area contributed by atoms with Crippen molar-refractivity contribution in [1.82, 2.24) is 15.5 Å². The molecule has 0 radical (unpaired) electrons. The molecule has 6 nitrogen and oxygen atoms in total. The number of amides is 2. The summed E-state index contributed by atoms with van der Waals surface area (Å²) in [6.07, 6.45) is 6.72. The Morgan fingerprint density at radius 3 is 2.00 bits per heavy atom. The van der Waals surface area contributed by atoms with Crippen LogP contribution in [0, 0.1) is 0 Å². The van der Waals surface area contributed by atoms with Gasteiger partial charge < -0.3 is 20.0 Å². The number of rotatable bonds is 14. The van der Waals surface area contributed by atoms with Crippen LogP contribution in [0.3, 0.4) is 0 Å². The Hall–Kier alpha value is -1.14. The summed E-state index contributed by atoms with van der Waals surface area (Å²) < 4.78 is 0.746. The van der Waals surface area contributed by atoms with E-state index in [0.717, 1.165) is 23.9 Å². The van der Waals surface area contributed by atoms with E-state index in [1.54, 1.807) is 0 Å². The maximum Gasteiger partial charge on any atom is 0.275 e. The van der Waals surface area contributed by atoms with Crippen molar-refractivity contribution in [3.8, 4) is 0 Å². The largest absolute Gasteiger partial charge is 0.355 e. The average Bonchev–Trinajstić information content (AvgIpc) is 2.46. The van der Waals surface area contributed by atoms with Gasteiger partial charge >= 0.3 is 0 Å². The van der Waals surface area contributed by atoms with Gasteiger partial charge in [-0.15, -0.1) is 0 Å². The number of nitrogens with zero attached hydrogens (tertiary/aromatic N) is 2. The Kier molecular flexibility index (Phi) is 12.6. The molecule has 142 valence electrons. The lowest BCUT2D eigenvalue weighted by atomic mass is 10.2. The first-order valence-corrected chi connectivity index (χ1v) is 9.27. The summed E-state index contributed by atoms with van der Waals surface area (Å²) in [5.74, 6) is 0.165. The number of hydrogen-bond acceptors (Lipinski definition) is 3. The van der Waals surface area contributed by atoms with Crippen LogP contribution in [-0.4, -0.2) is 82.1 Å². The van der Waals surface area contributed by atoms with Gasteiger partial charge in [-0.2, -0.15) is 0 Å². The van der Waals surface area contributed by atoms with Crippen molar-refractivity contribution in [2.45, 2.75) is 45.4 Å². The van der Waals surface area contributed by atoms with Gasteiger partial charge in [0.05, 0.1) is 27.2 Å². The number of unbranched alkanes of at least 4 members (excludes halogenated alkanes) is 4. The first-order valence-electron chi connectivity index (χ1n) is 9.27. The van der Waals surface area contributed by atoms with Crippen molar-refractivity contribution in [2.75, 3.05) is 60.9 Å². The van der Waals surface area contributed by atoms with Crippen molar-refractivity contribution < 1.29 is 14.1 Å². The van der Waals surface area contributed by atoms with Gasteiger partial charge in [0.2, 0.25) is 5.91 Å². The van der Waals surface area contributed by atoms with Crippen LogP contribution >= 0.6 is 0 Å². The normalized spacial score (nSPS) is 11.6. The Morgan fingerprint density at radius 2 is 1.46 bits per heavy atom. The predicted octanol–water partition coefficient (Wildman–Crippen LogP) is 1.22. The van der Waals surface area contributed by atoms with Crippen LogP contribution < -0.4 is 10.6 Å². The zero-order valence-electron chi connectivity index (χ0n) is 16.5. The molecule has 0 aromatic rings. The lowest BCUT2D eigenvalue weighted by Crippen LogP contribution is -2.48. The summed E-state index contributed by atoms with van der Waals surface area (Å²) in [5, 5.41) is 5.86. The van der Waals surface area contributed by atoms with Crippen molar-refractivity contribution in [3.05, 3.63) is 0 Å². The third-order valence-electron chi connectivity index (χ3n) is 3.90. The molecule has 6 heteroatoms. The van der Waals surface area contributed by atoms with E-state index in [9.17, 15) is 9.59 Å². The predicted molar refractivity (Wildman–Crippen MR) is 99.8 cm³/mol. The number of carbonyl (C=O) groups is 2. The molecular formula is C18H39N4O2+. The van der Waals surface area contributed by atoms with Crippen molar-refractivity contribution in [3.63, 3.8) is 0 Å². The van der Waals surface area contributed by atoms with Gasteiger partial charge in [0.1, 0.15) is 0 Å². The van der Waals surface area contributed by atoms with Gasteiger partial charge in [-0.1, -0.05) is 19.8 Å². The molecule has 2 amide bonds. The summed E-state index contributed by atoms with van der Waals surface area (Å²) in [6.45, 7) is 5.56. The molecule has 2 N–H and O–H groups in total. The molecule has 0 aromatic heterocycles. The highest BCUT2D eigenvalue weighted by Gasteiger charge is 2.19. The quantitative estimate of drug-likeness (QED) is 0.368. The number of nitrogens with one attached hydrogen (secondary N) is 2. The highest BCUT2D eigenvalue weighted by Crippen LogP contribution is 2.05. The summed E-state index contributed by atoms with van der Waals surface area (Å²) in [6, 6.07) is 0. The number of quaternary nitrogens is 1. The van der Waals surface area contributed by atoms with E-state index in [2.05, 4.69) is 31.7 Å². The van der Waals surface area contributed by atoms with Crippen LogP contribution in [0.2, 0.25) is 0 Å². The summed E-state index contributed by atoms with van der Waals surface area (Å²) in [7, 11) is 7.98. The Balaban J connectivity index is 3.66. The molecule has 0 aliphatic heterocycles. The molecule has 0 unspecified atom stereocenters. The molecule has 0 saturated heterocycles. The molecule has 0 bridgehead atoms. The van der Waals surface area contributed by atoms with E-state index in [0.29, 0.717) is 26.2 Å². The lowest BCUT2D eigenvalue weighted by molar-refractivity contribution is -0.882. The van der Waals surface area contributed by atoms with Crippen LogP contribution in [0.15, 0.2) is 0 Å². The second-order valence-corrected chi connectivity index (χ2v) is 7.52. The number of carbonyl (C=O) groups excluding carboxylic acids is 2. The zero-order valence-corrected chi connectivity index (χ0v) is 16.5. The first kappa shape index (κ1) is 22.9. The van der Waals surface area contributed by atoms with Crippen LogP contribution in [0.1, 0.15) is 45.4 Å². The maximum atomic E-state index is 12.0. The molecule has 0 aromatic carbocycles. The molecule has 0 aliphatic carbocycles. The van der Waals surface area contributed by atoms with Gasteiger partial charge in [-0.3, -0.25) is 9.59 Å². The van der Waals surface area contributed by atoms with Gasteiger partial charge in [-0.25, -0.2) is 0 Å². The van der Waals surface area contributed by atoms with Crippen LogP contribution in [0.25, 0.3) is 0 Å². The SMILES string of the molecule is CCCCCC[N+](C)(C)CC(=O)NCCCCNC(=O)CN(C)C. The zero-order chi connectivity index (χ0) is 18.4. The molecule has 0 saturated carbocycles. The number of hydrogen-bond donors (Lipinski definition) is 2. The van der Waals surface area contributed by atoms with E-state index >= 15 is 0 Å². The van der Waals surface area contributed by atoms with Gasteiger partial charge in [-0.05, 0) is 39.8 Å². The summed E-state index contributed by atoms with van der Waals surface area (Å²) >= 11 is 0. The molecular weight excluding hydrogens is 304 g/mol. The highest BCUT2D eigenvalue weighted by atomic mass is 16.2. The Bertz CT molecular complexity index is 357. The minimum absolute atomic E-state index is 0.0474. The fourth-order valence-corrected chi connectivity index (χ4v) is 2.54. The average molecular weight is 344 g/mol. The van der Waals surface area contributed by atoms with Crippen LogP contribution in [0.4, 0.5) is 0 Å². The highest BCUT2D eigenvalue weighted by molar-refractivity contribution is 5.78. The van der Waals surface area contributed by atoms with Gasteiger partial charge in [0.25, 0.3) is 5.91 Å². The van der Waals surface area contributed by atoms with Gasteiger partial charge in [0.15, 0.2) is 6.54 Å². The standard InChI is InChI=1S/C18H38N4O2/c1-6-7-8-11-14-22(4,5)16-18(24)20-13-10-9-12-19-17(23)15-21(2)3/h6-16H2,1-5H3,(H-,19,20,23,24)/p+1. The van der Waals surface area contributed by atoms with E-state index in [1.807, 2.05) is 19.0 Å². The molecule has 0 aliphatic rings. The van der Waals surface area contributed by atoms with Crippen molar-refractivity contribution in [1.29, 1.82) is 0 Å². The molecule has 24 heavy (non-hydrogen) atoms. The fraction of sp³-hybridized carbons (Fsp3) is 0.889. The molecule has 0 fully saturated rings. The summed E-state index contributed by atoms with van der Waals surface area (Å²) in [4.78, 5) is 25.3. The second kappa shape index (κ2) is 13.2. The van der Waals surface area contributed by atoms with Crippen molar-refractivity contribution >= 4 is 11.8 Å². The van der Waals surface area contributed by atoms with Crippen LogP contribution in [-0.2, 0) is 9.59 Å².